The molecule has 4 saturated carbocycles. The second kappa shape index (κ2) is 7.99. The second-order valence-corrected chi connectivity index (χ2v) is 13.1. The van der Waals surface area contributed by atoms with E-state index in [1.165, 1.54) is 26.2 Å². The van der Waals surface area contributed by atoms with Crippen LogP contribution in [-0.2, 0) is 24.3 Å². The molecule has 0 heterocycles. The molecule has 9 heteroatoms. The van der Waals surface area contributed by atoms with Crippen molar-refractivity contribution in [2.75, 3.05) is 19.4 Å². The Bertz CT molecular complexity index is 1040. The van der Waals surface area contributed by atoms with Gasteiger partial charge in [-0.1, -0.05) is 6.07 Å². The molecule has 176 valence electrons. The lowest BCUT2D eigenvalue weighted by Crippen LogP contribution is -2.57. The van der Waals surface area contributed by atoms with E-state index in [9.17, 15) is 18.0 Å². The Balaban J connectivity index is 1.46. The van der Waals surface area contributed by atoms with Crippen LogP contribution in [0, 0.1) is 24.2 Å². The van der Waals surface area contributed by atoms with Crippen molar-refractivity contribution >= 4 is 39.2 Å². The van der Waals surface area contributed by atoms with Gasteiger partial charge in [-0.05, 0) is 81.9 Å². The Hall–Kier alpha value is -1.64. The molecule has 0 saturated heterocycles. The highest BCUT2D eigenvalue weighted by atomic mass is 35.5. The van der Waals surface area contributed by atoms with E-state index in [4.69, 9.17) is 16.3 Å². The second-order valence-electron chi connectivity index (χ2n) is 10.2. The molecule has 1 amide bonds. The minimum Gasteiger partial charge on any atom is -0.452 e. The first-order chi connectivity index (χ1) is 14.8. The van der Waals surface area contributed by atoms with Gasteiger partial charge in [0, 0.05) is 24.7 Å². The third-order valence-corrected chi connectivity index (χ3v) is 9.57. The van der Waals surface area contributed by atoms with Crippen molar-refractivity contribution < 1.29 is 22.7 Å². The molecule has 5 rings (SSSR count). The van der Waals surface area contributed by atoms with E-state index in [-0.39, 0.29) is 15.7 Å². The number of carbonyl (C=O) groups is 2. The van der Waals surface area contributed by atoms with Gasteiger partial charge in [-0.15, -0.1) is 11.6 Å². The van der Waals surface area contributed by atoms with E-state index in [1.807, 2.05) is 0 Å². The number of ether oxygens (including phenoxy) is 1. The average molecular weight is 483 g/mol. The molecule has 0 radical (unpaired) electrons. The minimum absolute atomic E-state index is 0.0778. The van der Waals surface area contributed by atoms with Crippen molar-refractivity contribution in [3.05, 3.63) is 23.8 Å². The Morgan fingerprint density at radius 1 is 1.19 bits per heavy atom. The van der Waals surface area contributed by atoms with Gasteiger partial charge in [-0.2, -0.15) is 0 Å². The average Bonchev–Trinajstić information content (AvgIpc) is 2.67. The summed E-state index contributed by atoms with van der Waals surface area (Å²) in [6.07, 6.45) is 4.23. The van der Waals surface area contributed by atoms with Crippen LogP contribution in [0.15, 0.2) is 23.1 Å². The molecule has 7 nitrogen and oxygen atoms in total. The number of sulfonamides is 1. The third-order valence-electron chi connectivity index (χ3n) is 7.32. The Labute approximate surface area is 194 Å². The molecule has 0 aromatic heterocycles. The van der Waals surface area contributed by atoms with E-state index in [0.717, 1.165) is 36.4 Å². The summed E-state index contributed by atoms with van der Waals surface area (Å²) >= 11 is 6.82. The zero-order valence-electron chi connectivity index (χ0n) is 19.0. The molecule has 0 spiro atoms. The van der Waals surface area contributed by atoms with Crippen LogP contribution in [0.2, 0.25) is 0 Å². The summed E-state index contributed by atoms with van der Waals surface area (Å²) in [5.41, 5.74) is 0.491. The molecular formula is C23H31ClN2O5S. The number of alkyl halides is 1. The first-order valence-electron chi connectivity index (χ1n) is 11.1. The van der Waals surface area contributed by atoms with Crippen LogP contribution in [0.3, 0.4) is 0 Å². The third kappa shape index (κ3) is 4.17. The van der Waals surface area contributed by atoms with Crippen LogP contribution in [0.1, 0.15) is 51.0 Å². The van der Waals surface area contributed by atoms with Gasteiger partial charge < -0.3 is 10.1 Å². The zero-order valence-corrected chi connectivity index (χ0v) is 20.6. The van der Waals surface area contributed by atoms with Gasteiger partial charge >= 0.3 is 5.97 Å². The van der Waals surface area contributed by atoms with Gasteiger partial charge in [0.25, 0.3) is 5.91 Å². The van der Waals surface area contributed by atoms with Gasteiger partial charge in [-0.25, -0.2) is 12.7 Å². The van der Waals surface area contributed by atoms with E-state index in [0.29, 0.717) is 29.5 Å². The summed E-state index contributed by atoms with van der Waals surface area (Å²) in [5, 5.41) is 2.72. The van der Waals surface area contributed by atoms with Gasteiger partial charge in [0.1, 0.15) is 0 Å². The minimum atomic E-state index is -3.64. The number of hydrogen-bond acceptors (Lipinski definition) is 5. The maximum atomic E-state index is 13.2. The summed E-state index contributed by atoms with van der Waals surface area (Å²) in [5.74, 6) is 0.0787. The van der Waals surface area contributed by atoms with Gasteiger partial charge in [0.2, 0.25) is 10.0 Å². The SMILES string of the molecule is Cc1ccc(S(=O)(=O)N(C)C)cc1NC(=O)[C@@H](C)OC(=O)C12C[C@H]3C[C@@H](CC(Cl)(C3)C1)C2. The molecule has 3 atom stereocenters. The Morgan fingerprint density at radius 3 is 2.38 bits per heavy atom. The maximum absolute atomic E-state index is 13.2. The smallest absolute Gasteiger partial charge is 0.312 e. The standard InChI is InChI=1S/C23H31ClN2O5S/c1-14-5-6-18(32(29,30)26(3)4)8-19(14)25-20(27)15(2)31-21(28)22-9-16-7-17(10-22)12-23(24,11-16)13-22/h5-6,8,15-17H,7,9-13H2,1-4H3,(H,25,27)/t15-,16-,17-,22?,23?/m1/s1. The van der Waals surface area contributed by atoms with E-state index in [1.54, 1.807) is 19.9 Å². The summed E-state index contributed by atoms with van der Waals surface area (Å²) < 4.78 is 31.6. The number of halogens is 1. The highest BCUT2D eigenvalue weighted by Gasteiger charge is 2.61. The predicted octanol–water partition coefficient (Wildman–Crippen LogP) is 3.69. The largest absolute Gasteiger partial charge is 0.452 e. The predicted molar refractivity (Wildman–Crippen MR) is 122 cm³/mol. The van der Waals surface area contributed by atoms with Gasteiger partial charge in [0.05, 0.1) is 10.3 Å². The van der Waals surface area contributed by atoms with Crippen molar-refractivity contribution in [2.45, 2.75) is 68.2 Å². The fourth-order valence-corrected chi connectivity index (χ4v) is 7.69. The summed E-state index contributed by atoms with van der Waals surface area (Å²) in [6.45, 7) is 3.31. The molecule has 4 aliphatic carbocycles. The highest BCUT2D eigenvalue weighted by molar-refractivity contribution is 7.89. The monoisotopic (exact) mass is 482 g/mol. The van der Waals surface area contributed by atoms with Gasteiger partial charge in [0.15, 0.2) is 6.10 Å². The molecule has 0 aliphatic heterocycles. The number of anilines is 1. The topological polar surface area (TPSA) is 92.8 Å². The van der Waals surface area contributed by atoms with Crippen LogP contribution in [-0.4, -0.2) is 49.7 Å². The van der Waals surface area contributed by atoms with E-state index < -0.39 is 27.4 Å². The van der Waals surface area contributed by atoms with Crippen LogP contribution in [0.25, 0.3) is 0 Å². The van der Waals surface area contributed by atoms with Crippen molar-refractivity contribution in [2.24, 2.45) is 17.3 Å². The quantitative estimate of drug-likeness (QED) is 0.493. The summed E-state index contributed by atoms with van der Waals surface area (Å²) in [6, 6.07) is 4.56. The molecule has 1 N–H and O–H groups in total. The summed E-state index contributed by atoms with van der Waals surface area (Å²) in [4.78, 5) is 25.8. The number of hydrogen-bond donors (Lipinski definition) is 1. The molecule has 0 unspecified atom stereocenters. The van der Waals surface area contributed by atoms with Crippen LogP contribution in [0.5, 0.6) is 0 Å². The molecule has 4 aliphatic rings. The number of carbonyl (C=O) groups excluding carboxylic acids is 2. The van der Waals surface area contributed by atoms with E-state index >= 15 is 0 Å². The number of amides is 1. The zero-order chi connectivity index (χ0) is 23.5. The number of aryl methyl sites for hydroxylation is 1. The first kappa shape index (κ1) is 23.5. The Kier molecular flexibility index (Phi) is 5.87. The number of benzene rings is 1. The number of rotatable bonds is 6. The summed E-state index contributed by atoms with van der Waals surface area (Å²) in [7, 11) is -0.741. The van der Waals surface area contributed by atoms with Crippen molar-refractivity contribution in [1.29, 1.82) is 0 Å². The highest BCUT2D eigenvalue weighted by Crippen LogP contribution is 2.64. The first-order valence-corrected chi connectivity index (χ1v) is 12.9. The van der Waals surface area contributed by atoms with Gasteiger partial charge in [-0.3, -0.25) is 9.59 Å². The lowest BCUT2D eigenvalue weighted by Gasteiger charge is -2.58. The van der Waals surface area contributed by atoms with Crippen LogP contribution >= 0.6 is 11.6 Å². The molecule has 1 aromatic carbocycles. The molecule has 32 heavy (non-hydrogen) atoms. The van der Waals surface area contributed by atoms with Crippen LogP contribution in [0.4, 0.5) is 5.69 Å². The van der Waals surface area contributed by atoms with Crippen molar-refractivity contribution in [1.82, 2.24) is 4.31 Å². The molecule has 4 bridgehead atoms. The van der Waals surface area contributed by atoms with Crippen molar-refractivity contribution in [3.8, 4) is 0 Å². The number of esters is 1. The fraction of sp³-hybridized carbons (Fsp3) is 0.652. The lowest BCUT2D eigenvalue weighted by molar-refractivity contribution is -0.176. The number of nitrogens with zero attached hydrogens (tertiary/aromatic N) is 1. The molecule has 1 aromatic rings. The van der Waals surface area contributed by atoms with Crippen LogP contribution < -0.4 is 5.32 Å². The fourth-order valence-electron chi connectivity index (χ4n) is 6.07. The molecule has 4 fully saturated rings. The van der Waals surface area contributed by atoms with E-state index in [2.05, 4.69) is 5.32 Å². The maximum Gasteiger partial charge on any atom is 0.312 e. The molecular weight excluding hydrogens is 452 g/mol. The van der Waals surface area contributed by atoms with Crippen molar-refractivity contribution in [3.63, 3.8) is 0 Å². The number of nitrogens with one attached hydrogen (secondary N) is 1. The normalized spacial score (nSPS) is 32.1. The lowest BCUT2D eigenvalue weighted by atomic mass is 9.49. The Morgan fingerprint density at radius 2 is 1.81 bits per heavy atom.